The van der Waals surface area contributed by atoms with E-state index in [4.69, 9.17) is 23.7 Å². The smallest absolute Gasteiger partial charge is 0.335 e. The normalized spacial score (nSPS) is 19.2. The highest BCUT2D eigenvalue weighted by Gasteiger charge is 2.50. The summed E-state index contributed by atoms with van der Waals surface area (Å²) < 4.78 is 28.2. The Labute approximate surface area is 394 Å². The topological polar surface area (TPSA) is 175 Å². The number of rotatable bonds is 44. The third kappa shape index (κ3) is 33.3. The van der Waals surface area contributed by atoms with Gasteiger partial charge in [-0.2, -0.15) is 0 Å². The van der Waals surface area contributed by atoms with Crippen LogP contribution in [0.4, 0.5) is 0 Å². The first-order valence-electron chi connectivity index (χ1n) is 26.3. The van der Waals surface area contributed by atoms with Crippen LogP contribution in [0.3, 0.4) is 0 Å². The average molecular weight is 923 g/mol. The molecule has 3 N–H and O–H groups in total. The summed E-state index contributed by atoms with van der Waals surface area (Å²) in [5.74, 6) is -3.13. The Morgan fingerprint density at radius 1 is 0.492 bits per heavy atom. The number of ether oxygens (including phenoxy) is 5. The van der Waals surface area contributed by atoms with E-state index in [9.17, 15) is 34.5 Å². The van der Waals surface area contributed by atoms with Gasteiger partial charge in [0.05, 0.1) is 6.61 Å². The number of aliphatic carboxylic acids is 1. The van der Waals surface area contributed by atoms with E-state index in [1.165, 1.54) is 83.5 Å². The zero-order chi connectivity index (χ0) is 47.6. The maximum atomic E-state index is 13.0. The Bertz CT molecular complexity index is 1240. The van der Waals surface area contributed by atoms with Gasteiger partial charge in [0, 0.05) is 19.3 Å². The van der Waals surface area contributed by atoms with Gasteiger partial charge in [-0.05, 0) is 70.6 Å². The van der Waals surface area contributed by atoms with E-state index in [0.717, 1.165) is 96.3 Å². The van der Waals surface area contributed by atoms with E-state index in [1.807, 2.05) is 0 Å². The second-order valence-corrected chi connectivity index (χ2v) is 18.2. The number of hydrogen-bond donors (Lipinski definition) is 3. The van der Waals surface area contributed by atoms with Crippen molar-refractivity contribution in [3.8, 4) is 0 Å². The monoisotopic (exact) mass is 923 g/mol. The van der Waals surface area contributed by atoms with Gasteiger partial charge in [0.25, 0.3) is 0 Å². The van der Waals surface area contributed by atoms with E-state index < -0.39 is 67.3 Å². The standard InChI is InChI=1S/C53H94O12/c1-4-7-10-13-16-19-21-23-25-28-30-33-36-39-45(54)61-42-44(63-46(55)40-37-34-31-27-18-15-12-9-6-3)43-62-53-51(49(58)48(57)50(65-53)52(59)60)64-47(56)41-38-35-32-29-26-24-22-20-17-14-11-8-5-2/h19-22,44,48-51,53,57-58H,4-18,23-43H2,1-3H3,(H,59,60)/b21-19-,22-20-. The summed E-state index contributed by atoms with van der Waals surface area (Å²) >= 11 is 0. The van der Waals surface area contributed by atoms with Crippen LogP contribution in [0.1, 0.15) is 239 Å². The number of aliphatic hydroxyl groups is 2. The van der Waals surface area contributed by atoms with Gasteiger partial charge in [0.1, 0.15) is 18.8 Å². The first-order chi connectivity index (χ1) is 31.6. The Hall–Kier alpha value is -2.80. The molecule has 0 amide bonds. The second-order valence-electron chi connectivity index (χ2n) is 18.2. The number of allylic oxidation sites excluding steroid dienone is 4. The molecule has 378 valence electrons. The number of hydrogen-bond acceptors (Lipinski definition) is 11. The average Bonchev–Trinajstić information content (AvgIpc) is 3.29. The molecular weight excluding hydrogens is 829 g/mol. The number of carboxylic acid groups (broad SMARTS) is 1. The molecule has 0 spiro atoms. The van der Waals surface area contributed by atoms with Crippen LogP contribution in [0.15, 0.2) is 24.3 Å². The Balaban J connectivity index is 2.72. The van der Waals surface area contributed by atoms with E-state index in [2.05, 4.69) is 45.1 Å². The van der Waals surface area contributed by atoms with Crippen molar-refractivity contribution in [3.05, 3.63) is 24.3 Å². The van der Waals surface area contributed by atoms with Crippen molar-refractivity contribution in [3.63, 3.8) is 0 Å². The maximum Gasteiger partial charge on any atom is 0.335 e. The van der Waals surface area contributed by atoms with Gasteiger partial charge < -0.3 is 39.0 Å². The molecule has 6 unspecified atom stereocenters. The van der Waals surface area contributed by atoms with Crippen molar-refractivity contribution in [2.24, 2.45) is 0 Å². The molecule has 0 aromatic carbocycles. The second kappa shape index (κ2) is 42.5. The number of carbonyl (C=O) groups is 4. The molecule has 1 saturated heterocycles. The van der Waals surface area contributed by atoms with Crippen molar-refractivity contribution in [2.45, 2.75) is 276 Å². The van der Waals surface area contributed by atoms with Gasteiger partial charge >= 0.3 is 23.9 Å². The van der Waals surface area contributed by atoms with Crippen molar-refractivity contribution in [1.29, 1.82) is 0 Å². The lowest BCUT2D eigenvalue weighted by molar-refractivity contribution is -0.301. The van der Waals surface area contributed by atoms with Crippen LogP contribution in [0.2, 0.25) is 0 Å². The van der Waals surface area contributed by atoms with E-state index in [0.29, 0.717) is 19.3 Å². The lowest BCUT2D eigenvalue weighted by Crippen LogP contribution is -2.61. The van der Waals surface area contributed by atoms with Gasteiger partial charge in [-0.15, -0.1) is 0 Å². The van der Waals surface area contributed by atoms with Gasteiger partial charge in [0.15, 0.2) is 24.6 Å². The minimum atomic E-state index is -1.90. The fraction of sp³-hybridized carbons (Fsp3) is 0.849. The molecule has 0 bridgehead atoms. The molecule has 0 aliphatic carbocycles. The number of esters is 3. The summed E-state index contributed by atoms with van der Waals surface area (Å²) in [4.78, 5) is 50.7. The minimum Gasteiger partial charge on any atom is -0.479 e. The molecule has 0 aromatic heterocycles. The first kappa shape index (κ1) is 60.2. The SMILES string of the molecule is CCCCCC/C=C\CCCCCCCC(=O)OCC(COC1OC(C(=O)O)C(O)C(O)C1OC(=O)CCCCCCC/C=C\CCCCCC)OC(=O)CCCCCCCCCCC. The van der Waals surface area contributed by atoms with Crippen LogP contribution >= 0.6 is 0 Å². The highest BCUT2D eigenvalue weighted by molar-refractivity contribution is 5.74. The van der Waals surface area contributed by atoms with E-state index in [-0.39, 0.29) is 25.9 Å². The van der Waals surface area contributed by atoms with Crippen LogP contribution in [0.5, 0.6) is 0 Å². The third-order valence-electron chi connectivity index (χ3n) is 12.0. The molecule has 1 aliphatic rings. The van der Waals surface area contributed by atoms with Crippen LogP contribution in [-0.2, 0) is 42.9 Å². The summed E-state index contributed by atoms with van der Waals surface area (Å²) in [6.07, 6.45) is 33.2. The lowest BCUT2D eigenvalue weighted by Gasteiger charge is -2.40. The highest BCUT2D eigenvalue weighted by atomic mass is 16.7. The largest absolute Gasteiger partial charge is 0.479 e. The molecule has 1 rings (SSSR count). The summed E-state index contributed by atoms with van der Waals surface area (Å²) in [5.41, 5.74) is 0. The number of carboxylic acids is 1. The predicted octanol–water partition coefficient (Wildman–Crippen LogP) is 12.3. The quantitative estimate of drug-likeness (QED) is 0.0229. The molecule has 6 atom stereocenters. The molecular formula is C53H94O12. The Kier molecular flexibility index (Phi) is 39.4. The van der Waals surface area contributed by atoms with Crippen molar-refractivity contribution < 1.29 is 58.2 Å². The van der Waals surface area contributed by atoms with Crippen LogP contribution in [0.25, 0.3) is 0 Å². The van der Waals surface area contributed by atoms with Gasteiger partial charge in [0.2, 0.25) is 0 Å². The lowest BCUT2D eigenvalue weighted by atomic mass is 9.98. The van der Waals surface area contributed by atoms with E-state index in [1.54, 1.807) is 0 Å². The van der Waals surface area contributed by atoms with Gasteiger partial charge in [-0.1, -0.05) is 173 Å². The summed E-state index contributed by atoms with van der Waals surface area (Å²) in [6.45, 7) is 5.91. The predicted molar refractivity (Wildman–Crippen MR) is 257 cm³/mol. The summed E-state index contributed by atoms with van der Waals surface area (Å²) in [6, 6.07) is 0. The highest BCUT2D eigenvalue weighted by Crippen LogP contribution is 2.26. The fourth-order valence-electron chi connectivity index (χ4n) is 7.89. The molecule has 12 heteroatoms. The van der Waals surface area contributed by atoms with Crippen LogP contribution in [0, 0.1) is 0 Å². The van der Waals surface area contributed by atoms with Crippen LogP contribution < -0.4 is 0 Å². The van der Waals surface area contributed by atoms with E-state index >= 15 is 0 Å². The molecule has 12 nitrogen and oxygen atoms in total. The molecule has 0 saturated carbocycles. The van der Waals surface area contributed by atoms with Crippen LogP contribution in [-0.4, -0.2) is 89.2 Å². The van der Waals surface area contributed by atoms with Gasteiger partial charge in [-0.25, -0.2) is 4.79 Å². The molecule has 65 heavy (non-hydrogen) atoms. The molecule has 1 fully saturated rings. The molecule has 0 radical (unpaired) electrons. The number of carbonyl (C=O) groups excluding carboxylic acids is 3. The fourth-order valence-corrected chi connectivity index (χ4v) is 7.89. The minimum absolute atomic E-state index is 0.0533. The summed E-state index contributed by atoms with van der Waals surface area (Å²) in [7, 11) is 0. The van der Waals surface area contributed by atoms with Crippen molar-refractivity contribution >= 4 is 23.9 Å². The van der Waals surface area contributed by atoms with Crippen molar-refractivity contribution in [2.75, 3.05) is 13.2 Å². The molecule has 1 aliphatic heterocycles. The zero-order valence-electron chi connectivity index (χ0n) is 41.2. The van der Waals surface area contributed by atoms with Gasteiger partial charge in [-0.3, -0.25) is 14.4 Å². The summed E-state index contributed by atoms with van der Waals surface area (Å²) in [5, 5.41) is 31.3. The molecule has 1 heterocycles. The zero-order valence-corrected chi connectivity index (χ0v) is 41.2. The molecule has 0 aromatic rings. The number of unbranched alkanes of at least 4 members (excludes halogenated alkanes) is 26. The Morgan fingerprint density at radius 3 is 1.32 bits per heavy atom. The van der Waals surface area contributed by atoms with Crippen molar-refractivity contribution in [1.82, 2.24) is 0 Å². The third-order valence-corrected chi connectivity index (χ3v) is 12.0. The Morgan fingerprint density at radius 2 is 0.877 bits per heavy atom. The number of aliphatic hydroxyl groups excluding tert-OH is 2. The maximum absolute atomic E-state index is 13.0. The first-order valence-corrected chi connectivity index (χ1v) is 26.3.